The summed E-state index contributed by atoms with van der Waals surface area (Å²) in [5, 5.41) is 5.05. The molecule has 3 aromatic rings. The molecule has 0 bridgehead atoms. The molecule has 0 aliphatic rings. The van der Waals surface area contributed by atoms with Gasteiger partial charge in [0.25, 0.3) is 5.91 Å². The predicted molar refractivity (Wildman–Crippen MR) is 80.6 cm³/mol. The average molecular weight is 263 g/mol. The Balaban J connectivity index is 1.89. The number of anilines is 2. The summed E-state index contributed by atoms with van der Waals surface area (Å²) in [6, 6.07) is 15.4. The van der Waals surface area contributed by atoms with Crippen molar-refractivity contribution in [3.05, 3.63) is 66.5 Å². The molecule has 2 aromatic carbocycles. The fraction of sp³-hybridized carbons (Fsp3) is 0. The number of aromatic nitrogens is 1. The van der Waals surface area contributed by atoms with E-state index in [4.69, 9.17) is 5.73 Å². The summed E-state index contributed by atoms with van der Waals surface area (Å²) < 4.78 is 0. The second-order valence-electron chi connectivity index (χ2n) is 4.48. The van der Waals surface area contributed by atoms with Crippen LogP contribution in [0.3, 0.4) is 0 Å². The van der Waals surface area contributed by atoms with Crippen LogP contribution in [-0.2, 0) is 0 Å². The van der Waals surface area contributed by atoms with Gasteiger partial charge in [0.15, 0.2) is 0 Å². The van der Waals surface area contributed by atoms with Crippen LogP contribution in [0, 0.1) is 0 Å². The molecule has 3 rings (SSSR count). The molecule has 1 heterocycles. The van der Waals surface area contributed by atoms with Crippen molar-refractivity contribution in [2.45, 2.75) is 0 Å². The summed E-state index contributed by atoms with van der Waals surface area (Å²) in [5.41, 5.74) is 7.27. The third-order valence-corrected chi connectivity index (χ3v) is 3.10. The molecular formula is C16H13N3O. The Labute approximate surface area is 116 Å². The zero-order valence-electron chi connectivity index (χ0n) is 10.7. The number of nitrogens with two attached hydrogens (primary N) is 1. The maximum Gasteiger partial charge on any atom is 0.257 e. The first-order valence-corrected chi connectivity index (χ1v) is 6.24. The third kappa shape index (κ3) is 2.31. The largest absolute Gasteiger partial charge is 0.397 e. The van der Waals surface area contributed by atoms with E-state index in [-0.39, 0.29) is 5.91 Å². The number of hydrogen-bond donors (Lipinski definition) is 2. The number of nitrogen functional groups attached to an aromatic ring is 1. The maximum absolute atomic E-state index is 12.2. The van der Waals surface area contributed by atoms with Crippen molar-refractivity contribution in [1.82, 2.24) is 4.98 Å². The Morgan fingerprint density at radius 2 is 1.85 bits per heavy atom. The number of nitrogens with zero attached hydrogens (tertiary/aromatic N) is 1. The highest BCUT2D eigenvalue weighted by Crippen LogP contribution is 2.20. The Morgan fingerprint density at radius 3 is 2.65 bits per heavy atom. The Morgan fingerprint density at radius 1 is 1.05 bits per heavy atom. The fourth-order valence-electron chi connectivity index (χ4n) is 2.08. The van der Waals surface area contributed by atoms with Crippen LogP contribution >= 0.6 is 0 Å². The number of carbonyl (C=O) groups is 1. The monoisotopic (exact) mass is 263 g/mol. The first-order chi connectivity index (χ1) is 9.74. The highest BCUT2D eigenvalue weighted by Gasteiger charge is 2.09. The number of nitrogens with one attached hydrogen (secondary N) is 1. The zero-order chi connectivity index (χ0) is 13.9. The molecule has 1 aromatic heterocycles. The molecule has 0 spiro atoms. The minimum Gasteiger partial charge on any atom is -0.397 e. The van der Waals surface area contributed by atoms with Crippen molar-refractivity contribution in [2.24, 2.45) is 0 Å². The minimum absolute atomic E-state index is 0.236. The molecule has 1 amide bonds. The normalized spacial score (nSPS) is 10.4. The predicted octanol–water partition coefficient (Wildman–Crippen LogP) is 3.07. The maximum atomic E-state index is 12.2. The van der Waals surface area contributed by atoms with Gasteiger partial charge in [-0.2, -0.15) is 0 Å². The van der Waals surface area contributed by atoms with Crippen LogP contribution in [0.1, 0.15) is 10.4 Å². The van der Waals surface area contributed by atoms with Gasteiger partial charge in [0.2, 0.25) is 0 Å². The molecule has 98 valence electrons. The van der Waals surface area contributed by atoms with Crippen LogP contribution < -0.4 is 11.1 Å². The number of hydrogen-bond acceptors (Lipinski definition) is 3. The molecule has 3 N–H and O–H groups in total. The SMILES string of the molecule is Nc1cnccc1C(=O)Nc1ccc2ccccc2c1. The van der Waals surface area contributed by atoms with Gasteiger partial charge in [-0.15, -0.1) is 0 Å². The Bertz CT molecular complexity index is 783. The van der Waals surface area contributed by atoms with Gasteiger partial charge in [-0.05, 0) is 29.0 Å². The van der Waals surface area contributed by atoms with Gasteiger partial charge in [-0.3, -0.25) is 9.78 Å². The number of fused-ring (bicyclic) bond motifs is 1. The molecule has 4 heteroatoms. The summed E-state index contributed by atoms with van der Waals surface area (Å²) in [6.45, 7) is 0. The molecule has 0 aliphatic heterocycles. The molecule has 0 aliphatic carbocycles. The van der Waals surface area contributed by atoms with Crippen molar-refractivity contribution in [3.8, 4) is 0 Å². The lowest BCUT2D eigenvalue weighted by Crippen LogP contribution is -2.14. The number of benzene rings is 2. The fourth-order valence-corrected chi connectivity index (χ4v) is 2.08. The minimum atomic E-state index is -0.236. The van der Waals surface area contributed by atoms with E-state index < -0.39 is 0 Å². The molecule has 4 nitrogen and oxygen atoms in total. The smallest absolute Gasteiger partial charge is 0.257 e. The first kappa shape index (κ1) is 12.2. The van der Waals surface area contributed by atoms with Crippen LogP contribution in [0.5, 0.6) is 0 Å². The second kappa shape index (κ2) is 5.01. The summed E-state index contributed by atoms with van der Waals surface area (Å²) in [6.07, 6.45) is 3.01. The average Bonchev–Trinajstić information content (AvgIpc) is 2.47. The van der Waals surface area contributed by atoms with Crippen LogP contribution in [0.15, 0.2) is 60.9 Å². The summed E-state index contributed by atoms with van der Waals surface area (Å²) in [7, 11) is 0. The van der Waals surface area contributed by atoms with E-state index in [1.807, 2.05) is 42.5 Å². The van der Waals surface area contributed by atoms with Crippen molar-refractivity contribution in [2.75, 3.05) is 11.1 Å². The van der Waals surface area contributed by atoms with Crippen molar-refractivity contribution in [3.63, 3.8) is 0 Å². The molecule has 0 radical (unpaired) electrons. The molecule has 0 atom stereocenters. The Kier molecular flexibility index (Phi) is 3.05. The number of rotatable bonds is 2. The van der Waals surface area contributed by atoms with E-state index in [1.54, 1.807) is 12.3 Å². The second-order valence-corrected chi connectivity index (χ2v) is 4.48. The number of amides is 1. The van der Waals surface area contributed by atoms with E-state index in [2.05, 4.69) is 10.3 Å². The topological polar surface area (TPSA) is 68.0 Å². The summed E-state index contributed by atoms with van der Waals surface area (Å²) in [5.74, 6) is -0.236. The molecule has 20 heavy (non-hydrogen) atoms. The molecule has 0 saturated heterocycles. The van der Waals surface area contributed by atoms with Gasteiger partial charge < -0.3 is 11.1 Å². The standard InChI is InChI=1S/C16H13N3O/c17-15-10-18-8-7-14(15)16(20)19-13-6-5-11-3-1-2-4-12(11)9-13/h1-10H,17H2,(H,19,20). The Hall–Kier alpha value is -2.88. The van der Waals surface area contributed by atoms with E-state index in [9.17, 15) is 4.79 Å². The first-order valence-electron chi connectivity index (χ1n) is 6.24. The highest BCUT2D eigenvalue weighted by atomic mass is 16.1. The van der Waals surface area contributed by atoms with Crippen LogP contribution in [0.4, 0.5) is 11.4 Å². The van der Waals surface area contributed by atoms with Crippen LogP contribution in [0.25, 0.3) is 10.8 Å². The molecule has 0 fully saturated rings. The molecule has 0 unspecified atom stereocenters. The van der Waals surface area contributed by atoms with Gasteiger partial charge in [-0.1, -0.05) is 30.3 Å². The lowest BCUT2D eigenvalue weighted by Gasteiger charge is -2.08. The van der Waals surface area contributed by atoms with Gasteiger partial charge in [-0.25, -0.2) is 0 Å². The molecule has 0 saturated carbocycles. The lowest BCUT2D eigenvalue weighted by atomic mass is 10.1. The van der Waals surface area contributed by atoms with E-state index in [1.165, 1.54) is 6.20 Å². The van der Waals surface area contributed by atoms with Gasteiger partial charge in [0, 0.05) is 11.9 Å². The van der Waals surface area contributed by atoms with Crippen molar-refractivity contribution < 1.29 is 4.79 Å². The highest BCUT2D eigenvalue weighted by molar-refractivity contribution is 6.08. The van der Waals surface area contributed by atoms with Crippen molar-refractivity contribution in [1.29, 1.82) is 0 Å². The van der Waals surface area contributed by atoms with Crippen LogP contribution in [-0.4, -0.2) is 10.9 Å². The summed E-state index contributed by atoms with van der Waals surface area (Å²) in [4.78, 5) is 16.0. The van der Waals surface area contributed by atoms with Gasteiger partial charge in [0.1, 0.15) is 0 Å². The van der Waals surface area contributed by atoms with Gasteiger partial charge >= 0.3 is 0 Å². The summed E-state index contributed by atoms with van der Waals surface area (Å²) >= 11 is 0. The van der Waals surface area contributed by atoms with E-state index in [0.717, 1.165) is 16.5 Å². The third-order valence-electron chi connectivity index (χ3n) is 3.10. The molecular weight excluding hydrogens is 250 g/mol. The van der Waals surface area contributed by atoms with Crippen molar-refractivity contribution >= 4 is 28.1 Å². The zero-order valence-corrected chi connectivity index (χ0v) is 10.7. The quantitative estimate of drug-likeness (QED) is 0.746. The van der Waals surface area contributed by atoms with Gasteiger partial charge in [0.05, 0.1) is 17.4 Å². The number of pyridine rings is 1. The number of carbonyl (C=O) groups excluding carboxylic acids is 1. The van der Waals surface area contributed by atoms with E-state index >= 15 is 0 Å². The van der Waals surface area contributed by atoms with Crippen LogP contribution in [0.2, 0.25) is 0 Å². The van der Waals surface area contributed by atoms with E-state index in [0.29, 0.717) is 11.3 Å². The lowest BCUT2D eigenvalue weighted by molar-refractivity contribution is 0.102.